The molecule has 0 amide bonds. The fourth-order valence-electron chi connectivity index (χ4n) is 6.51. The number of pyridine rings is 2. The van der Waals surface area contributed by atoms with Gasteiger partial charge in [0, 0.05) is 23.0 Å². The maximum absolute atomic E-state index is 5.41. The van der Waals surface area contributed by atoms with Crippen molar-refractivity contribution in [2.45, 2.75) is 85.5 Å². The van der Waals surface area contributed by atoms with Crippen LogP contribution >= 0.6 is 0 Å². The van der Waals surface area contributed by atoms with E-state index in [9.17, 15) is 0 Å². The molecular formula is C45H46N4Pt. The van der Waals surface area contributed by atoms with Gasteiger partial charge < -0.3 is 9.55 Å². The van der Waals surface area contributed by atoms with Gasteiger partial charge in [-0.05, 0) is 62.4 Å². The number of aryl methyl sites for hydroxylation is 1. The molecule has 4 nitrogen and oxygen atoms in total. The second-order valence-corrected chi connectivity index (χ2v) is 16.5. The van der Waals surface area contributed by atoms with E-state index in [1.54, 1.807) is 0 Å². The summed E-state index contributed by atoms with van der Waals surface area (Å²) in [6.07, 6.45) is 1.84. The Balaban J connectivity index is 0.00000432. The molecule has 5 heteroatoms. The van der Waals surface area contributed by atoms with E-state index < -0.39 is 0 Å². The first-order chi connectivity index (χ1) is 23.1. The second-order valence-electron chi connectivity index (χ2n) is 16.5. The number of hydrogen-bond donors (Lipinski definition) is 0. The molecule has 3 aromatic carbocycles. The van der Waals surface area contributed by atoms with Gasteiger partial charge in [-0.25, -0.2) is 0 Å². The standard InChI is InChI=1S/C45H46N4.Pt/c1-28-14-19-41(47-28)49-40-18-15-33(43(2,3)4)27-37(40)36-16-17-39(48-42(36)49)32-22-29(21-31(23-32)38-13-11-12-20-46-38)30-24-34(44(5,6)7)26-35(25-30)45(8,9)10;/h11-22,24-27H,1-10H3;/q-2;+2. The zero-order valence-electron chi connectivity index (χ0n) is 30.8. The molecule has 4 heterocycles. The smallest absolute Gasteiger partial charge is 0.440 e. The number of hydrogen-bond acceptors (Lipinski definition) is 2. The van der Waals surface area contributed by atoms with Crippen LogP contribution in [-0.4, -0.2) is 14.5 Å². The quantitative estimate of drug-likeness (QED) is 0.166. The van der Waals surface area contributed by atoms with Crippen LogP contribution in [0.1, 0.15) is 84.7 Å². The first-order valence-electron chi connectivity index (χ1n) is 17.3. The van der Waals surface area contributed by atoms with E-state index in [2.05, 4.69) is 152 Å². The van der Waals surface area contributed by atoms with Crippen molar-refractivity contribution in [3.63, 3.8) is 0 Å². The van der Waals surface area contributed by atoms with Gasteiger partial charge in [0.25, 0.3) is 0 Å². The molecule has 0 spiro atoms. The molecule has 0 unspecified atom stereocenters. The van der Waals surface area contributed by atoms with E-state index in [1.165, 1.54) is 27.6 Å². The molecule has 0 saturated carbocycles. The van der Waals surface area contributed by atoms with Crippen LogP contribution in [0.25, 0.3) is 61.4 Å². The van der Waals surface area contributed by atoms with Crippen molar-refractivity contribution < 1.29 is 21.1 Å². The molecule has 0 aliphatic carbocycles. The fourth-order valence-corrected chi connectivity index (χ4v) is 6.51. The first-order valence-corrected chi connectivity index (χ1v) is 17.3. The average molecular weight is 838 g/mol. The Bertz CT molecular complexity index is 2310. The minimum atomic E-state index is 0. The summed E-state index contributed by atoms with van der Waals surface area (Å²) in [6.45, 7) is 22.5. The van der Waals surface area contributed by atoms with Crippen molar-refractivity contribution in [1.82, 2.24) is 19.5 Å². The summed E-state index contributed by atoms with van der Waals surface area (Å²) in [7, 11) is 0. The topological polar surface area (TPSA) is 44.8 Å². The number of nitrogens with zero attached hydrogens (tertiary/aromatic N) is 4. The molecule has 0 fully saturated rings. The molecule has 0 N–H and O–H groups in total. The molecule has 256 valence electrons. The van der Waals surface area contributed by atoms with Crippen LogP contribution in [0.15, 0.2) is 97.2 Å². The molecule has 0 radical (unpaired) electrons. The van der Waals surface area contributed by atoms with Crippen LogP contribution in [0, 0.1) is 13.0 Å². The summed E-state index contributed by atoms with van der Waals surface area (Å²) in [5.74, 6) is 0.881. The Labute approximate surface area is 311 Å². The van der Waals surface area contributed by atoms with Gasteiger partial charge in [0.2, 0.25) is 0 Å². The summed E-state index contributed by atoms with van der Waals surface area (Å²) >= 11 is 0. The van der Waals surface area contributed by atoms with Gasteiger partial charge in [0.1, 0.15) is 0 Å². The summed E-state index contributed by atoms with van der Waals surface area (Å²) < 4.78 is 2.21. The van der Waals surface area contributed by atoms with Crippen LogP contribution in [0.5, 0.6) is 0 Å². The SMILES string of the molecule is Cc1ccc(-n2c3ccc(C(C)(C)C)cc3c3ccc(-c4[c-]c(-c5ccccn5)cc(-c5cc(C(C)(C)C)cc(C(C)(C)C)c5)c4)nc32)[n-]1.[Pt+2]. The Morgan fingerprint density at radius 1 is 0.600 bits per heavy atom. The molecular weight excluding hydrogens is 792 g/mol. The van der Waals surface area contributed by atoms with Crippen molar-refractivity contribution >= 4 is 21.9 Å². The summed E-state index contributed by atoms with van der Waals surface area (Å²) in [5, 5.41) is 2.29. The predicted molar refractivity (Wildman–Crippen MR) is 206 cm³/mol. The summed E-state index contributed by atoms with van der Waals surface area (Å²) in [6, 6.07) is 36.6. The molecule has 4 aromatic heterocycles. The second kappa shape index (κ2) is 12.8. The third kappa shape index (κ3) is 6.75. The van der Waals surface area contributed by atoms with E-state index in [0.717, 1.165) is 56.1 Å². The molecule has 0 atom stereocenters. The number of benzene rings is 3. The minimum Gasteiger partial charge on any atom is -0.440 e. The summed E-state index contributed by atoms with van der Waals surface area (Å²) in [5.41, 5.74) is 12.9. The average Bonchev–Trinajstić information content (AvgIpc) is 3.63. The van der Waals surface area contributed by atoms with Gasteiger partial charge in [-0.3, -0.25) is 9.97 Å². The van der Waals surface area contributed by atoms with Gasteiger partial charge in [0.15, 0.2) is 0 Å². The normalized spacial score (nSPS) is 12.4. The third-order valence-corrected chi connectivity index (χ3v) is 9.56. The molecule has 0 saturated heterocycles. The largest absolute Gasteiger partial charge is 2.00 e. The Kier molecular flexibility index (Phi) is 9.10. The van der Waals surface area contributed by atoms with Crippen molar-refractivity contribution in [1.29, 1.82) is 0 Å². The van der Waals surface area contributed by atoms with Crippen molar-refractivity contribution in [3.05, 3.63) is 126 Å². The monoisotopic (exact) mass is 837 g/mol. The molecule has 0 bridgehead atoms. The fraction of sp³-hybridized carbons (Fsp3) is 0.289. The Hall–Kier alpha value is -4.27. The molecule has 7 aromatic rings. The van der Waals surface area contributed by atoms with Crippen LogP contribution in [-0.2, 0) is 37.3 Å². The van der Waals surface area contributed by atoms with E-state index in [4.69, 9.17) is 15.0 Å². The molecule has 50 heavy (non-hydrogen) atoms. The van der Waals surface area contributed by atoms with Crippen LogP contribution in [0.2, 0.25) is 0 Å². The van der Waals surface area contributed by atoms with E-state index in [0.29, 0.717) is 0 Å². The molecule has 0 aliphatic rings. The zero-order chi connectivity index (χ0) is 34.9. The molecule has 0 aliphatic heterocycles. The molecule has 7 rings (SSSR count). The van der Waals surface area contributed by atoms with Gasteiger partial charge in [-0.2, -0.15) is 0 Å². The number of fused-ring (bicyclic) bond motifs is 3. The number of rotatable bonds is 4. The maximum Gasteiger partial charge on any atom is 2.00 e. The minimum absolute atomic E-state index is 0. The maximum atomic E-state index is 5.41. The van der Waals surface area contributed by atoms with E-state index in [-0.39, 0.29) is 37.3 Å². The van der Waals surface area contributed by atoms with Gasteiger partial charge in [-0.1, -0.05) is 163 Å². The van der Waals surface area contributed by atoms with E-state index in [1.807, 2.05) is 25.3 Å². The Morgan fingerprint density at radius 2 is 1.24 bits per heavy atom. The zero-order valence-corrected chi connectivity index (χ0v) is 33.1. The van der Waals surface area contributed by atoms with Crippen molar-refractivity contribution in [2.24, 2.45) is 0 Å². The van der Waals surface area contributed by atoms with Crippen LogP contribution < -0.4 is 4.98 Å². The Morgan fingerprint density at radius 3 is 1.82 bits per heavy atom. The van der Waals surface area contributed by atoms with E-state index >= 15 is 0 Å². The third-order valence-electron chi connectivity index (χ3n) is 9.56. The van der Waals surface area contributed by atoms with Crippen molar-refractivity contribution in [3.8, 4) is 39.5 Å². The van der Waals surface area contributed by atoms with Crippen LogP contribution in [0.4, 0.5) is 0 Å². The first kappa shape index (κ1) is 35.6. The van der Waals surface area contributed by atoms with Gasteiger partial charge >= 0.3 is 21.1 Å². The predicted octanol–water partition coefficient (Wildman–Crippen LogP) is 11.5. The van der Waals surface area contributed by atoms with Crippen LogP contribution in [0.3, 0.4) is 0 Å². The van der Waals surface area contributed by atoms with Gasteiger partial charge in [0.05, 0.1) is 5.65 Å². The van der Waals surface area contributed by atoms with Crippen molar-refractivity contribution in [2.75, 3.05) is 0 Å². The number of aromatic nitrogens is 4. The van der Waals surface area contributed by atoms with Gasteiger partial charge in [-0.15, -0.1) is 18.2 Å². The summed E-state index contributed by atoms with van der Waals surface area (Å²) in [4.78, 5) is 15.0.